The van der Waals surface area contributed by atoms with Gasteiger partial charge >= 0.3 is 0 Å². The van der Waals surface area contributed by atoms with Crippen LogP contribution in [-0.2, 0) is 6.42 Å². The summed E-state index contributed by atoms with van der Waals surface area (Å²) in [7, 11) is 0. The smallest absolute Gasteiger partial charge is 0.115 e. The molecule has 2 aromatic rings. The topological polar surface area (TPSA) is 13.1 Å². The highest BCUT2D eigenvalue weighted by Gasteiger charge is 2.13. The Labute approximate surface area is 96.4 Å². The largest absolute Gasteiger partial charge is 0.465 e. The van der Waals surface area contributed by atoms with Gasteiger partial charge in [0.15, 0.2) is 0 Å². The molecule has 1 heteroatoms. The summed E-state index contributed by atoms with van der Waals surface area (Å²) in [6.45, 7) is 5.98. The second-order valence-electron chi connectivity index (χ2n) is 3.78. The molecule has 0 radical (unpaired) electrons. The molecule has 1 aromatic carbocycles. The van der Waals surface area contributed by atoms with Gasteiger partial charge in [-0.05, 0) is 17.7 Å². The maximum Gasteiger partial charge on any atom is 0.115 e. The molecule has 82 valence electrons. The van der Waals surface area contributed by atoms with Gasteiger partial charge in [-0.1, -0.05) is 43.3 Å². The Balaban J connectivity index is 2.33. The Morgan fingerprint density at radius 2 is 1.94 bits per heavy atom. The number of aryl methyl sites for hydroxylation is 1. The summed E-state index contributed by atoms with van der Waals surface area (Å²) >= 11 is 0. The molecular formula is C15H16O. The van der Waals surface area contributed by atoms with Gasteiger partial charge in [-0.15, -0.1) is 6.58 Å². The molecule has 0 aliphatic heterocycles. The van der Waals surface area contributed by atoms with Gasteiger partial charge < -0.3 is 4.42 Å². The van der Waals surface area contributed by atoms with E-state index in [1.165, 1.54) is 5.56 Å². The Morgan fingerprint density at radius 3 is 2.50 bits per heavy atom. The van der Waals surface area contributed by atoms with Gasteiger partial charge in [0.2, 0.25) is 0 Å². The van der Waals surface area contributed by atoms with E-state index in [2.05, 4.69) is 25.6 Å². The molecule has 0 bridgehead atoms. The molecule has 1 heterocycles. The summed E-state index contributed by atoms with van der Waals surface area (Å²) in [4.78, 5) is 0. The maximum atomic E-state index is 5.77. The second kappa shape index (κ2) is 4.84. The normalized spacial score (nSPS) is 12.3. The standard InChI is InChI=1S/C15H16O/c1-3-13-10-11-15(16-13)14(4-2)12-8-6-5-7-9-12/h4-11,14H,2-3H2,1H3. The van der Waals surface area contributed by atoms with Crippen LogP contribution in [0, 0.1) is 0 Å². The average Bonchev–Trinajstić information content (AvgIpc) is 2.80. The van der Waals surface area contributed by atoms with Crippen LogP contribution >= 0.6 is 0 Å². The van der Waals surface area contributed by atoms with Crippen LogP contribution in [0.2, 0.25) is 0 Å². The number of benzene rings is 1. The van der Waals surface area contributed by atoms with Gasteiger partial charge in [0, 0.05) is 6.42 Å². The number of hydrogen-bond donors (Lipinski definition) is 0. The van der Waals surface area contributed by atoms with E-state index in [9.17, 15) is 0 Å². The van der Waals surface area contributed by atoms with Gasteiger partial charge in [-0.3, -0.25) is 0 Å². The monoisotopic (exact) mass is 212 g/mol. The minimum absolute atomic E-state index is 0.154. The zero-order valence-corrected chi connectivity index (χ0v) is 9.52. The van der Waals surface area contributed by atoms with Crippen molar-refractivity contribution in [1.82, 2.24) is 0 Å². The number of rotatable bonds is 4. The molecule has 1 atom stereocenters. The molecule has 2 rings (SSSR count). The first kappa shape index (κ1) is 10.7. The van der Waals surface area contributed by atoms with Crippen LogP contribution in [0.25, 0.3) is 0 Å². The van der Waals surface area contributed by atoms with E-state index in [0.717, 1.165) is 17.9 Å². The number of furan rings is 1. The Kier molecular flexibility index (Phi) is 3.25. The molecule has 16 heavy (non-hydrogen) atoms. The van der Waals surface area contributed by atoms with E-state index in [4.69, 9.17) is 4.42 Å². The minimum atomic E-state index is 0.154. The van der Waals surface area contributed by atoms with Crippen molar-refractivity contribution in [2.45, 2.75) is 19.3 Å². The van der Waals surface area contributed by atoms with E-state index in [-0.39, 0.29) is 5.92 Å². The molecule has 0 aliphatic carbocycles. The van der Waals surface area contributed by atoms with Crippen molar-refractivity contribution in [2.75, 3.05) is 0 Å². The first-order valence-electron chi connectivity index (χ1n) is 5.61. The van der Waals surface area contributed by atoms with Crippen LogP contribution in [0.3, 0.4) is 0 Å². The Bertz CT molecular complexity index is 453. The third-order valence-corrected chi connectivity index (χ3v) is 2.73. The summed E-state index contributed by atoms with van der Waals surface area (Å²) in [5, 5.41) is 0. The average molecular weight is 212 g/mol. The summed E-state index contributed by atoms with van der Waals surface area (Å²) in [5.41, 5.74) is 1.22. The predicted octanol–water partition coefficient (Wildman–Crippen LogP) is 4.16. The van der Waals surface area contributed by atoms with Crippen LogP contribution in [0.15, 0.2) is 59.5 Å². The molecule has 0 saturated carbocycles. The van der Waals surface area contributed by atoms with Gasteiger partial charge in [-0.25, -0.2) is 0 Å². The van der Waals surface area contributed by atoms with Crippen LogP contribution in [0.4, 0.5) is 0 Å². The minimum Gasteiger partial charge on any atom is -0.465 e. The van der Waals surface area contributed by atoms with Crippen LogP contribution in [0.1, 0.15) is 29.9 Å². The third-order valence-electron chi connectivity index (χ3n) is 2.73. The zero-order valence-electron chi connectivity index (χ0n) is 9.52. The Morgan fingerprint density at radius 1 is 1.19 bits per heavy atom. The Hall–Kier alpha value is -1.76. The number of allylic oxidation sites excluding steroid dienone is 1. The van der Waals surface area contributed by atoms with Crippen LogP contribution in [0.5, 0.6) is 0 Å². The SMILES string of the molecule is C=CC(c1ccccc1)c1ccc(CC)o1. The van der Waals surface area contributed by atoms with Crippen LogP contribution < -0.4 is 0 Å². The van der Waals surface area contributed by atoms with Gasteiger partial charge in [-0.2, -0.15) is 0 Å². The first-order valence-corrected chi connectivity index (χ1v) is 5.61. The zero-order chi connectivity index (χ0) is 11.4. The second-order valence-corrected chi connectivity index (χ2v) is 3.78. The van der Waals surface area contributed by atoms with Crippen molar-refractivity contribution in [1.29, 1.82) is 0 Å². The lowest BCUT2D eigenvalue weighted by molar-refractivity contribution is 0.467. The van der Waals surface area contributed by atoms with E-state index in [1.807, 2.05) is 36.4 Å². The lowest BCUT2D eigenvalue weighted by Crippen LogP contribution is -1.94. The van der Waals surface area contributed by atoms with Crippen molar-refractivity contribution >= 4 is 0 Å². The van der Waals surface area contributed by atoms with Crippen molar-refractivity contribution in [3.05, 3.63) is 72.2 Å². The van der Waals surface area contributed by atoms with Crippen molar-refractivity contribution in [2.24, 2.45) is 0 Å². The molecule has 0 spiro atoms. The van der Waals surface area contributed by atoms with Crippen LogP contribution in [-0.4, -0.2) is 0 Å². The summed E-state index contributed by atoms with van der Waals surface area (Å²) in [6, 6.07) is 14.4. The summed E-state index contributed by atoms with van der Waals surface area (Å²) < 4.78 is 5.77. The highest BCUT2D eigenvalue weighted by atomic mass is 16.3. The molecule has 1 unspecified atom stereocenters. The molecule has 1 nitrogen and oxygen atoms in total. The van der Waals surface area contributed by atoms with Gasteiger partial charge in [0.25, 0.3) is 0 Å². The molecule has 0 saturated heterocycles. The first-order chi connectivity index (χ1) is 7.85. The fourth-order valence-electron chi connectivity index (χ4n) is 1.83. The molecule has 0 fully saturated rings. The van der Waals surface area contributed by atoms with E-state index >= 15 is 0 Å². The predicted molar refractivity (Wildman–Crippen MR) is 66.6 cm³/mol. The fourth-order valence-corrected chi connectivity index (χ4v) is 1.83. The van der Waals surface area contributed by atoms with Crippen molar-refractivity contribution < 1.29 is 4.42 Å². The summed E-state index contributed by atoms with van der Waals surface area (Å²) in [5.74, 6) is 2.15. The number of hydrogen-bond acceptors (Lipinski definition) is 1. The lowest BCUT2D eigenvalue weighted by Gasteiger charge is -2.09. The van der Waals surface area contributed by atoms with Crippen molar-refractivity contribution in [3.8, 4) is 0 Å². The molecule has 0 aliphatic rings. The fraction of sp³-hybridized carbons (Fsp3) is 0.200. The highest BCUT2D eigenvalue weighted by molar-refractivity contribution is 5.32. The van der Waals surface area contributed by atoms with E-state index < -0.39 is 0 Å². The summed E-state index contributed by atoms with van der Waals surface area (Å²) in [6.07, 6.45) is 2.85. The molecular weight excluding hydrogens is 196 g/mol. The third kappa shape index (κ3) is 2.08. The van der Waals surface area contributed by atoms with E-state index in [1.54, 1.807) is 0 Å². The van der Waals surface area contributed by atoms with Gasteiger partial charge in [0.05, 0.1) is 5.92 Å². The maximum absolute atomic E-state index is 5.77. The molecule has 0 amide bonds. The molecule has 0 N–H and O–H groups in total. The van der Waals surface area contributed by atoms with Crippen molar-refractivity contribution in [3.63, 3.8) is 0 Å². The van der Waals surface area contributed by atoms with E-state index in [0.29, 0.717) is 0 Å². The quantitative estimate of drug-likeness (QED) is 0.693. The molecule has 1 aromatic heterocycles. The highest BCUT2D eigenvalue weighted by Crippen LogP contribution is 2.27. The lowest BCUT2D eigenvalue weighted by atomic mass is 9.97. The van der Waals surface area contributed by atoms with Gasteiger partial charge in [0.1, 0.15) is 11.5 Å².